The lowest BCUT2D eigenvalue weighted by Crippen LogP contribution is -2.26. The van der Waals surface area contributed by atoms with Crippen LogP contribution in [0.3, 0.4) is 0 Å². The normalized spacial score (nSPS) is 12.3. The summed E-state index contributed by atoms with van der Waals surface area (Å²) in [5.74, 6) is -0.0887. The molecule has 0 saturated carbocycles. The lowest BCUT2D eigenvalue weighted by Gasteiger charge is -2.13. The standard InChI is InChI=1S/C18H20N4O/c1-3-10-22-12-16(15-7-5-9-20-17(15)22)18(23)21-13(2)14-6-4-8-19-11-14/h4-9,11-13H,3,10H2,1-2H3,(H,21,23). The van der Waals surface area contributed by atoms with Crippen LogP contribution in [0.5, 0.6) is 0 Å². The number of carbonyl (C=O) groups excluding carboxylic acids is 1. The molecule has 1 atom stereocenters. The van der Waals surface area contributed by atoms with E-state index in [4.69, 9.17) is 0 Å². The molecule has 0 saturated heterocycles. The maximum Gasteiger partial charge on any atom is 0.253 e. The van der Waals surface area contributed by atoms with Crippen molar-refractivity contribution in [1.82, 2.24) is 19.9 Å². The Morgan fingerprint density at radius 1 is 1.30 bits per heavy atom. The number of rotatable bonds is 5. The van der Waals surface area contributed by atoms with E-state index in [0.29, 0.717) is 5.56 Å². The van der Waals surface area contributed by atoms with Crippen molar-refractivity contribution in [3.05, 3.63) is 60.2 Å². The maximum absolute atomic E-state index is 12.7. The maximum atomic E-state index is 12.7. The Morgan fingerprint density at radius 3 is 2.87 bits per heavy atom. The van der Waals surface area contributed by atoms with Crippen molar-refractivity contribution < 1.29 is 4.79 Å². The number of carbonyl (C=O) groups is 1. The van der Waals surface area contributed by atoms with Crippen LogP contribution in [-0.2, 0) is 6.54 Å². The second-order valence-corrected chi connectivity index (χ2v) is 5.59. The number of amides is 1. The molecule has 5 nitrogen and oxygen atoms in total. The van der Waals surface area contributed by atoms with Crippen molar-refractivity contribution in [2.45, 2.75) is 32.9 Å². The van der Waals surface area contributed by atoms with Gasteiger partial charge in [0.1, 0.15) is 5.65 Å². The van der Waals surface area contributed by atoms with Gasteiger partial charge in [0.15, 0.2) is 0 Å². The minimum atomic E-state index is -0.0996. The summed E-state index contributed by atoms with van der Waals surface area (Å²) < 4.78 is 2.04. The Balaban J connectivity index is 1.89. The lowest BCUT2D eigenvalue weighted by atomic mass is 10.1. The molecule has 0 radical (unpaired) electrons. The van der Waals surface area contributed by atoms with E-state index < -0.39 is 0 Å². The number of hydrogen-bond acceptors (Lipinski definition) is 3. The van der Waals surface area contributed by atoms with Gasteiger partial charge in [-0.2, -0.15) is 0 Å². The summed E-state index contributed by atoms with van der Waals surface area (Å²) in [5, 5.41) is 3.93. The molecule has 0 spiro atoms. The molecular formula is C18H20N4O. The summed E-state index contributed by atoms with van der Waals surface area (Å²) in [6, 6.07) is 7.53. The summed E-state index contributed by atoms with van der Waals surface area (Å²) in [6.45, 7) is 4.91. The third-order valence-electron chi connectivity index (χ3n) is 3.87. The minimum absolute atomic E-state index is 0.0887. The first-order valence-corrected chi connectivity index (χ1v) is 7.85. The first-order valence-electron chi connectivity index (χ1n) is 7.85. The van der Waals surface area contributed by atoms with E-state index in [1.165, 1.54) is 0 Å². The zero-order chi connectivity index (χ0) is 16.2. The molecule has 3 aromatic rings. The van der Waals surface area contributed by atoms with E-state index in [2.05, 4.69) is 22.2 Å². The quantitative estimate of drug-likeness (QED) is 0.786. The van der Waals surface area contributed by atoms with Gasteiger partial charge in [0.05, 0.1) is 11.6 Å². The Morgan fingerprint density at radius 2 is 2.13 bits per heavy atom. The third kappa shape index (κ3) is 3.08. The van der Waals surface area contributed by atoms with Gasteiger partial charge in [-0.1, -0.05) is 13.0 Å². The number of pyridine rings is 2. The monoisotopic (exact) mass is 308 g/mol. The van der Waals surface area contributed by atoms with E-state index in [1.54, 1.807) is 18.6 Å². The summed E-state index contributed by atoms with van der Waals surface area (Å²) in [4.78, 5) is 21.2. The van der Waals surface area contributed by atoms with Gasteiger partial charge in [-0.25, -0.2) is 4.98 Å². The second-order valence-electron chi connectivity index (χ2n) is 5.59. The minimum Gasteiger partial charge on any atom is -0.345 e. The van der Waals surface area contributed by atoms with Crippen molar-refractivity contribution in [2.75, 3.05) is 0 Å². The largest absolute Gasteiger partial charge is 0.345 e. The number of aryl methyl sites for hydroxylation is 1. The molecule has 5 heteroatoms. The molecule has 3 aromatic heterocycles. The average molecular weight is 308 g/mol. The van der Waals surface area contributed by atoms with Gasteiger partial charge in [0, 0.05) is 36.7 Å². The van der Waals surface area contributed by atoms with Gasteiger partial charge in [0.25, 0.3) is 5.91 Å². The summed E-state index contributed by atoms with van der Waals surface area (Å²) in [7, 11) is 0. The van der Waals surface area contributed by atoms with Crippen LogP contribution in [-0.4, -0.2) is 20.4 Å². The molecule has 118 valence electrons. The van der Waals surface area contributed by atoms with Crippen LogP contribution in [0.2, 0.25) is 0 Å². The smallest absolute Gasteiger partial charge is 0.253 e. The molecule has 0 aromatic carbocycles. The molecule has 0 aliphatic rings. The number of nitrogens with zero attached hydrogens (tertiary/aromatic N) is 3. The highest BCUT2D eigenvalue weighted by molar-refractivity contribution is 6.06. The summed E-state index contributed by atoms with van der Waals surface area (Å²) >= 11 is 0. The predicted molar refractivity (Wildman–Crippen MR) is 90.1 cm³/mol. The van der Waals surface area contributed by atoms with Gasteiger partial charge in [0.2, 0.25) is 0 Å². The van der Waals surface area contributed by atoms with Crippen molar-refractivity contribution in [2.24, 2.45) is 0 Å². The van der Waals surface area contributed by atoms with Crippen molar-refractivity contribution in [3.8, 4) is 0 Å². The SMILES string of the molecule is CCCn1cc(C(=O)NC(C)c2cccnc2)c2cccnc21. The van der Waals surface area contributed by atoms with E-state index in [0.717, 1.165) is 29.6 Å². The first-order chi connectivity index (χ1) is 11.2. The molecule has 0 fully saturated rings. The van der Waals surface area contributed by atoms with Crippen LogP contribution >= 0.6 is 0 Å². The number of nitrogens with one attached hydrogen (secondary N) is 1. The van der Waals surface area contributed by atoms with Gasteiger partial charge in [-0.05, 0) is 37.1 Å². The molecule has 3 heterocycles. The van der Waals surface area contributed by atoms with E-state index in [9.17, 15) is 4.79 Å². The molecule has 1 unspecified atom stereocenters. The molecule has 1 N–H and O–H groups in total. The number of aromatic nitrogens is 3. The fourth-order valence-corrected chi connectivity index (χ4v) is 2.70. The zero-order valence-corrected chi connectivity index (χ0v) is 13.4. The van der Waals surface area contributed by atoms with E-state index in [1.807, 2.05) is 42.0 Å². The van der Waals surface area contributed by atoms with Crippen LogP contribution in [0.1, 0.15) is 42.2 Å². The molecule has 3 rings (SSSR count). The topological polar surface area (TPSA) is 59.8 Å². The second kappa shape index (κ2) is 6.60. The number of fused-ring (bicyclic) bond motifs is 1. The highest BCUT2D eigenvalue weighted by atomic mass is 16.1. The van der Waals surface area contributed by atoms with Crippen molar-refractivity contribution in [3.63, 3.8) is 0 Å². The molecule has 0 aliphatic carbocycles. The van der Waals surface area contributed by atoms with Crippen LogP contribution in [0.25, 0.3) is 11.0 Å². The van der Waals surface area contributed by atoms with Gasteiger partial charge >= 0.3 is 0 Å². The van der Waals surface area contributed by atoms with Gasteiger partial charge in [-0.15, -0.1) is 0 Å². The highest BCUT2D eigenvalue weighted by Gasteiger charge is 2.17. The molecule has 0 aliphatic heterocycles. The van der Waals surface area contributed by atoms with Crippen molar-refractivity contribution >= 4 is 16.9 Å². The molecule has 0 bridgehead atoms. The van der Waals surface area contributed by atoms with Crippen LogP contribution in [0, 0.1) is 0 Å². The fraction of sp³-hybridized carbons (Fsp3) is 0.278. The van der Waals surface area contributed by atoms with Gasteiger partial charge < -0.3 is 9.88 Å². The summed E-state index contributed by atoms with van der Waals surface area (Å²) in [5.41, 5.74) is 2.50. The van der Waals surface area contributed by atoms with E-state index in [-0.39, 0.29) is 11.9 Å². The fourth-order valence-electron chi connectivity index (χ4n) is 2.70. The van der Waals surface area contributed by atoms with Crippen LogP contribution < -0.4 is 5.32 Å². The third-order valence-corrected chi connectivity index (χ3v) is 3.87. The van der Waals surface area contributed by atoms with Gasteiger partial charge in [-0.3, -0.25) is 9.78 Å². The Kier molecular flexibility index (Phi) is 4.37. The predicted octanol–water partition coefficient (Wildman–Crippen LogP) is 3.33. The molecule has 1 amide bonds. The van der Waals surface area contributed by atoms with Crippen molar-refractivity contribution in [1.29, 1.82) is 0 Å². The van der Waals surface area contributed by atoms with Crippen LogP contribution in [0.4, 0.5) is 0 Å². The summed E-state index contributed by atoms with van der Waals surface area (Å²) in [6.07, 6.45) is 8.14. The van der Waals surface area contributed by atoms with E-state index >= 15 is 0 Å². The average Bonchev–Trinajstić information content (AvgIpc) is 2.95. The zero-order valence-electron chi connectivity index (χ0n) is 13.4. The number of hydrogen-bond donors (Lipinski definition) is 1. The Hall–Kier alpha value is -2.69. The molecular weight excluding hydrogens is 288 g/mol. The lowest BCUT2D eigenvalue weighted by molar-refractivity contribution is 0.0941. The van der Waals surface area contributed by atoms with Crippen LogP contribution in [0.15, 0.2) is 49.1 Å². The first kappa shape index (κ1) is 15.2. The highest BCUT2D eigenvalue weighted by Crippen LogP contribution is 2.21. The molecule has 23 heavy (non-hydrogen) atoms. The Bertz CT molecular complexity index is 810. The Labute approximate surface area is 135 Å².